The summed E-state index contributed by atoms with van der Waals surface area (Å²) in [6, 6.07) is 14.0. The third-order valence-electron chi connectivity index (χ3n) is 8.67. The second kappa shape index (κ2) is 15.4. The maximum atomic E-state index is 12.9. The molecule has 0 aliphatic carbocycles. The first-order valence-corrected chi connectivity index (χ1v) is 16.5. The molecule has 2 heterocycles. The number of nitrogens with zero attached hydrogens (tertiary/aromatic N) is 3. The lowest BCUT2D eigenvalue weighted by Crippen LogP contribution is -2.49. The normalized spacial score (nSPS) is 25.6. The van der Waals surface area contributed by atoms with E-state index in [0.29, 0.717) is 53.6 Å². The number of rotatable bonds is 9. The van der Waals surface area contributed by atoms with Gasteiger partial charge in [0.2, 0.25) is 10.0 Å². The summed E-state index contributed by atoms with van der Waals surface area (Å²) in [5.41, 5.74) is 5.84. The molecular formula is C31H49N5O4S. The molecule has 10 heteroatoms. The number of sulfonamides is 1. The number of hydrogen-bond acceptors (Lipinski definition) is 8. The Balaban J connectivity index is 0.000000298. The van der Waals surface area contributed by atoms with E-state index in [1.165, 1.54) is 37.8 Å². The summed E-state index contributed by atoms with van der Waals surface area (Å²) in [5, 5.41) is 30.3. The SMILES string of the molecule is C[C@@H]1CCC[C@H](C)N1C[C@@H](O)CN.C[C@@H]1CCC[C@H](C)N1C[C@@H](O)CNS(=O)(=O)c1ccc(C#N)c2ccccc12. The molecule has 0 radical (unpaired) electrons. The zero-order chi connectivity index (χ0) is 30.2. The van der Waals surface area contributed by atoms with Crippen LogP contribution < -0.4 is 10.5 Å². The number of fused-ring (bicyclic) bond motifs is 1. The Kier molecular flexibility index (Phi) is 12.5. The van der Waals surface area contributed by atoms with Crippen LogP contribution in [-0.2, 0) is 10.0 Å². The van der Waals surface area contributed by atoms with Crippen molar-refractivity contribution in [2.24, 2.45) is 5.73 Å². The number of nitriles is 1. The molecule has 2 aliphatic heterocycles. The van der Waals surface area contributed by atoms with Gasteiger partial charge in [0.05, 0.1) is 28.7 Å². The molecule has 2 aromatic rings. The van der Waals surface area contributed by atoms with Gasteiger partial charge in [0, 0.05) is 61.1 Å². The fourth-order valence-electron chi connectivity index (χ4n) is 6.18. The highest BCUT2D eigenvalue weighted by Crippen LogP contribution is 2.26. The van der Waals surface area contributed by atoms with E-state index in [1.807, 2.05) is 0 Å². The van der Waals surface area contributed by atoms with Gasteiger partial charge in [-0.1, -0.05) is 37.1 Å². The minimum atomic E-state index is -3.81. The molecule has 41 heavy (non-hydrogen) atoms. The molecule has 2 fully saturated rings. The van der Waals surface area contributed by atoms with Gasteiger partial charge in [0.1, 0.15) is 0 Å². The molecule has 4 rings (SSSR count). The summed E-state index contributed by atoms with van der Waals surface area (Å²) in [7, 11) is -3.81. The van der Waals surface area contributed by atoms with Gasteiger partial charge in [-0.15, -0.1) is 0 Å². The van der Waals surface area contributed by atoms with Crippen LogP contribution in [0.15, 0.2) is 41.3 Å². The quantitative estimate of drug-likeness (QED) is 0.350. The van der Waals surface area contributed by atoms with Gasteiger partial charge in [-0.2, -0.15) is 5.26 Å². The van der Waals surface area contributed by atoms with Crippen LogP contribution in [0.3, 0.4) is 0 Å². The Morgan fingerprint density at radius 3 is 1.85 bits per heavy atom. The number of aliphatic hydroxyl groups excluding tert-OH is 2. The minimum absolute atomic E-state index is 0.0490. The van der Waals surface area contributed by atoms with Crippen molar-refractivity contribution in [2.75, 3.05) is 26.2 Å². The lowest BCUT2D eigenvalue weighted by molar-refractivity contribution is 0.0438. The molecule has 0 spiro atoms. The summed E-state index contributed by atoms with van der Waals surface area (Å²) in [6.07, 6.45) is 6.05. The largest absolute Gasteiger partial charge is 0.390 e. The average Bonchev–Trinajstić information content (AvgIpc) is 2.95. The molecule has 6 atom stereocenters. The minimum Gasteiger partial charge on any atom is -0.390 e. The van der Waals surface area contributed by atoms with E-state index in [0.717, 1.165) is 19.4 Å². The molecule has 2 saturated heterocycles. The maximum absolute atomic E-state index is 12.9. The zero-order valence-corrected chi connectivity index (χ0v) is 25.9. The standard InChI is InChI=1S/C21H27N3O3S.C10H22N2O/c1-15-6-5-7-16(2)24(15)14-18(25)13-23-28(26,27)21-11-10-17(12-22)19-8-3-4-9-20(19)21;1-8-4-3-5-9(2)12(8)7-10(13)6-11/h3-4,8-11,15-16,18,23,25H,5-7,13-14H2,1-2H3;8-10,13H,3-7,11H2,1-2H3/t15-,16+,18-;8-,9+,10-/m00/s1. The van der Waals surface area contributed by atoms with Crippen LogP contribution in [0.4, 0.5) is 0 Å². The smallest absolute Gasteiger partial charge is 0.241 e. The van der Waals surface area contributed by atoms with E-state index >= 15 is 0 Å². The van der Waals surface area contributed by atoms with Gasteiger partial charge in [0.15, 0.2) is 0 Å². The van der Waals surface area contributed by atoms with Crippen LogP contribution in [-0.4, -0.2) is 91.0 Å². The van der Waals surface area contributed by atoms with Gasteiger partial charge in [-0.25, -0.2) is 13.1 Å². The van der Waals surface area contributed by atoms with Crippen molar-refractivity contribution in [3.05, 3.63) is 42.0 Å². The first-order chi connectivity index (χ1) is 19.5. The van der Waals surface area contributed by atoms with Crippen molar-refractivity contribution in [3.8, 4) is 6.07 Å². The van der Waals surface area contributed by atoms with E-state index in [2.05, 4.69) is 48.3 Å². The van der Waals surface area contributed by atoms with Crippen LogP contribution >= 0.6 is 0 Å². The number of nitrogens with two attached hydrogens (primary N) is 1. The van der Waals surface area contributed by atoms with Gasteiger partial charge < -0.3 is 15.9 Å². The highest BCUT2D eigenvalue weighted by molar-refractivity contribution is 7.89. The fraction of sp³-hybridized carbons (Fsp3) is 0.645. The monoisotopic (exact) mass is 587 g/mol. The summed E-state index contributed by atoms with van der Waals surface area (Å²) >= 11 is 0. The Morgan fingerprint density at radius 1 is 0.878 bits per heavy atom. The fourth-order valence-corrected chi connectivity index (χ4v) is 7.46. The molecule has 0 aromatic heterocycles. The van der Waals surface area contributed by atoms with Crippen LogP contribution in [0.25, 0.3) is 10.8 Å². The van der Waals surface area contributed by atoms with Crippen molar-refractivity contribution >= 4 is 20.8 Å². The third kappa shape index (κ3) is 8.94. The number of piperidine rings is 2. The van der Waals surface area contributed by atoms with Gasteiger partial charge in [-0.05, 0) is 65.5 Å². The summed E-state index contributed by atoms with van der Waals surface area (Å²) < 4.78 is 28.2. The van der Waals surface area contributed by atoms with Gasteiger partial charge in [0.25, 0.3) is 0 Å². The molecule has 0 saturated carbocycles. The Hall–Kier alpha value is -2.10. The molecule has 0 amide bonds. The van der Waals surface area contributed by atoms with E-state index in [9.17, 15) is 23.9 Å². The topological polar surface area (TPSA) is 143 Å². The van der Waals surface area contributed by atoms with E-state index in [-0.39, 0.29) is 17.5 Å². The Labute approximate surface area is 246 Å². The number of benzene rings is 2. The lowest BCUT2D eigenvalue weighted by Gasteiger charge is -2.40. The first-order valence-electron chi connectivity index (χ1n) is 15.0. The second-order valence-electron chi connectivity index (χ2n) is 11.8. The first kappa shape index (κ1) is 33.4. The summed E-state index contributed by atoms with van der Waals surface area (Å²) in [4.78, 5) is 4.75. The number of nitrogens with one attached hydrogen (secondary N) is 1. The summed E-state index contributed by atoms with van der Waals surface area (Å²) in [5.74, 6) is 0. The van der Waals surface area contributed by atoms with Crippen LogP contribution in [0.2, 0.25) is 0 Å². The number of likely N-dealkylation sites (tertiary alicyclic amines) is 2. The maximum Gasteiger partial charge on any atom is 0.241 e. The Morgan fingerprint density at radius 2 is 1.37 bits per heavy atom. The molecule has 9 nitrogen and oxygen atoms in total. The highest BCUT2D eigenvalue weighted by Gasteiger charge is 2.28. The molecule has 228 valence electrons. The lowest BCUT2D eigenvalue weighted by atomic mass is 9.97. The molecular weight excluding hydrogens is 538 g/mol. The van der Waals surface area contributed by atoms with Crippen molar-refractivity contribution in [2.45, 2.75) is 107 Å². The van der Waals surface area contributed by atoms with Crippen LogP contribution in [0, 0.1) is 11.3 Å². The second-order valence-corrected chi connectivity index (χ2v) is 13.6. The zero-order valence-electron chi connectivity index (χ0n) is 25.0. The molecule has 0 bridgehead atoms. The molecule has 2 aromatic carbocycles. The van der Waals surface area contributed by atoms with Gasteiger partial charge in [-0.3, -0.25) is 9.80 Å². The molecule has 2 aliphatic rings. The number of aliphatic hydroxyl groups is 2. The van der Waals surface area contributed by atoms with Crippen molar-refractivity contribution in [1.82, 2.24) is 14.5 Å². The van der Waals surface area contributed by atoms with Crippen LogP contribution in [0.1, 0.15) is 71.8 Å². The summed E-state index contributed by atoms with van der Waals surface area (Å²) in [6.45, 7) is 10.3. The molecule has 5 N–H and O–H groups in total. The molecule has 0 unspecified atom stereocenters. The van der Waals surface area contributed by atoms with Crippen molar-refractivity contribution < 1.29 is 18.6 Å². The van der Waals surface area contributed by atoms with E-state index < -0.39 is 16.1 Å². The predicted molar refractivity (Wildman–Crippen MR) is 164 cm³/mol. The van der Waals surface area contributed by atoms with Crippen molar-refractivity contribution in [1.29, 1.82) is 5.26 Å². The third-order valence-corrected chi connectivity index (χ3v) is 10.2. The Bertz CT molecular complexity index is 1250. The highest BCUT2D eigenvalue weighted by atomic mass is 32.2. The van der Waals surface area contributed by atoms with Crippen molar-refractivity contribution in [3.63, 3.8) is 0 Å². The van der Waals surface area contributed by atoms with E-state index in [1.54, 1.807) is 24.3 Å². The van der Waals surface area contributed by atoms with E-state index in [4.69, 9.17) is 5.73 Å². The number of β-amino-alcohol motifs (C(OH)–C–C–N with tert-alkyl or cyclic N) is 2. The van der Waals surface area contributed by atoms with Crippen LogP contribution in [0.5, 0.6) is 0 Å². The predicted octanol–water partition coefficient (Wildman–Crippen LogP) is 3.18. The number of hydrogen-bond donors (Lipinski definition) is 4. The van der Waals surface area contributed by atoms with Gasteiger partial charge >= 0.3 is 0 Å². The average molecular weight is 588 g/mol.